The second-order valence-electron chi connectivity index (χ2n) is 12.2. The maximum atomic E-state index is 14.1. The average Bonchev–Trinajstić information content (AvgIpc) is 2.74. The van der Waals surface area contributed by atoms with Gasteiger partial charge in [0.15, 0.2) is 0 Å². The summed E-state index contributed by atoms with van der Waals surface area (Å²) in [5.41, 5.74) is -14.9. The van der Waals surface area contributed by atoms with Crippen LogP contribution in [0.5, 0.6) is 0 Å². The van der Waals surface area contributed by atoms with Crippen molar-refractivity contribution in [3.05, 3.63) is 12.2 Å². The summed E-state index contributed by atoms with van der Waals surface area (Å²) >= 11 is 0. The van der Waals surface area contributed by atoms with E-state index >= 15 is 0 Å². The van der Waals surface area contributed by atoms with Crippen LogP contribution in [0.1, 0.15) is 74.7 Å². The molecule has 2 atom stereocenters. The van der Waals surface area contributed by atoms with Crippen molar-refractivity contribution < 1.29 is 90.8 Å². The van der Waals surface area contributed by atoms with Crippen LogP contribution in [0.3, 0.4) is 0 Å². The summed E-state index contributed by atoms with van der Waals surface area (Å²) in [6.07, 6.45) is -40.3. The van der Waals surface area contributed by atoms with Crippen LogP contribution in [0.15, 0.2) is 12.2 Å². The van der Waals surface area contributed by atoms with E-state index in [4.69, 9.17) is 0 Å². The predicted octanol–water partition coefficient (Wildman–Crippen LogP) is 8.91. The lowest BCUT2D eigenvalue weighted by Crippen LogP contribution is -2.62. The first-order chi connectivity index (χ1) is 20.0. The number of ether oxygens (including phenoxy) is 5. The first-order valence-electron chi connectivity index (χ1n) is 13.0. The van der Waals surface area contributed by atoms with Crippen LogP contribution in [0.25, 0.3) is 0 Å². The largest absolute Gasteiger partial charge is 0.510 e. The Bertz CT molecular complexity index is 1070. The maximum absolute atomic E-state index is 14.1. The summed E-state index contributed by atoms with van der Waals surface area (Å²) in [6.45, 7) is 10.8. The smallest absolute Gasteiger partial charge is 0.459 e. The zero-order chi connectivity index (χ0) is 37.1. The monoisotopic (exact) mass is 702 g/mol. The number of halogens is 12. The standard InChI is InChI=1S/C26H34F12O8/c1-13(2)16(39)42-15(10-11-21(23(27,28)29,24(30,31)32)45-17(40)43-19(4,5)6)14(3)12-22(25(33,34)35,26(36,37)38)46-18(41)44-20(7,8)9/h14-15H,1,10-12H2,2-9H3. The Balaban J connectivity index is 7.06. The van der Waals surface area contributed by atoms with Gasteiger partial charge in [0, 0.05) is 18.4 Å². The van der Waals surface area contributed by atoms with Gasteiger partial charge in [-0.1, -0.05) is 13.5 Å². The number of hydrogen-bond donors (Lipinski definition) is 0. The van der Waals surface area contributed by atoms with Crippen LogP contribution >= 0.6 is 0 Å². The number of alkyl halides is 12. The molecule has 2 unspecified atom stereocenters. The molecule has 0 saturated carbocycles. The molecule has 20 heteroatoms. The Morgan fingerprint density at radius 3 is 1.22 bits per heavy atom. The summed E-state index contributed by atoms with van der Waals surface area (Å²) in [4.78, 5) is 36.2. The second-order valence-corrected chi connectivity index (χ2v) is 12.2. The average molecular weight is 703 g/mol. The fourth-order valence-electron chi connectivity index (χ4n) is 3.61. The lowest BCUT2D eigenvalue weighted by molar-refractivity contribution is -0.375. The predicted molar refractivity (Wildman–Crippen MR) is 132 cm³/mol. The molecule has 0 heterocycles. The van der Waals surface area contributed by atoms with Gasteiger partial charge in [0.2, 0.25) is 0 Å². The third-order valence-electron chi connectivity index (χ3n) is 5.76. The molecule has 8 nitrogen and oxygen atoms in total. The third-order valence-corrected chi connectivity index (χ3v) is 5.76. The van der Waals surface area contributed by atoms with Crippen LogP contribution in [0.2, 0.25) is 0 Å². The SMILES string of the molecule is C=C(C)C(=O)OC(CCC(OC(=O)OC(C)(C)C)(C(F)(F)F)C(F)(F)F)C(C)CC(OC(=O)OC(C)(C)C)(C(F)(F)F)C(F)(F)F. The van der Waals surface area contributed by atoms with Crippen LogP contribution in [0, 0.1) is 5.92 Å². The molecule has 0 rings (SSSR count). The Kier molecular flexibility index (Phi) is 13.0. The van der Waals surface area contributed by atoms with Crippen molar-refractivity contribution in [2.45, 2.75) is 128 Å². The maximum Gasteiger partial charge on any atom is 0.510 e. The van der Waals surface area contributed by atoms with Gasteiger partial charge in [-0.15, -0.1) is 0 Å². The highest BCUT2D eigenvalue weighted by Crippen LogP contribution is 2.52. The summed E-state index contributed by atoms with van der Waals surface area (Å²) < 4.78 is 190. The number of rotatable bonds is 10. The lowest BCUT2D eigenvalue weighted by Gasteiger charge is -2.40. The fourth-order valence-corrected chi connectivity index (χ4v) is 3.61. The normalized spacial score (nSPS) is 15.4. The summed E-state index contributed by atoms with van der Waals surface area (Å²) in [5, 5.41) is 0. The van der Waals surface area contributed by atoms with E-state index in [9.17, 15) is 67.1 Å². The van der Waals surface area contributed by atoms with Crippen LogP contribution in [-0.2, 0) is 28.5 Å². The highest BCUT2D eigenvalue weighted by atomic mass is 19.4. The van der Waals surface area contributed by atoms with Crippen LogP contribution in [-0.4, -0.2) is 71.5 Å². The van der Waals surface area contributed by atoms with E-state index < -0.39 is 102 Å². The van der Waals surface area contributed by atoms with Crippen molar-refractivity contribution in [3.8, 4) is 0 Å². The molecule has 0 aromatic rings. The molecule has 0 aromatic carbocycles. The van der Waals surface area contributed by atoms with Gasteiger partial charge in [-0.05, 0) is 60.8 Å². The quantitative estimate of drug-likeness (QED) is 0.0964. The number of hydrogen-bond acceptors (Lipinski definition) is 8. The highest BCUT2D eigenvalue weighted by molar-refractivity contribution is 5.87. The van der Waals surface area contributed by atoms with Gasteiger partial charge in [-0.2, -0.15) is 52.7 Å². The van der Waals surface area contributed by atoms with E-state index in [1.165, 1.54) is 0 Å². The topological polar surface area (TPSA) is 97.4 Å². The molecule has 0 aliphatic rings. The molecule has 0 aliphatic carbocycles. The Morgan fingerprint density at radius 1 is 0.609 bits per heavy atom. The van der Waals surface area contributed by atoms with Gasteiger partial charge < -0.3 is 23.7 Å². The number of esters is 1. The third kappa shape index (κ3) is 11.3. The van der Waals surface area contributed by atoms with E-state index in [1.807, 2.05) is 0 Å². The number of carbonyl (C=O) groups is 3. The van der Waals surface area contributed by atoms with Crippen molar-refractivity contribution >= 4 is 18.3 Å². The summed E-state index contributed by atoms with van der Waals surface area (Å²) in [6, 6.07) is 0. The minimum atomic E-state index is -6.51. The van der Waals surface area contributed by atoms with Crippen molar-refractivity contribution in [2.24, 2.45) is 5.92 Å². The van der Waals surface area contributed by atoms with Gasteiger partial charge in [0.1, 0.15) is 17.3 Å². The molecule has 0 bridgehead atoms. The lowest BCUT2D eigenvalue weighted by atomic mass is 9.83. The summed E-state index contributed by atoms with van der Waals surface area (Å²) in [7, 11) is 0. The van der Waals surface area contributed by atoms with Crippen LogP contribution in [0.4, 0.5) is 62.3 Å². The Hall–Kier alpha value is -3.09. The van der Waals surface area contributed by atoms with E-state index in [1.54, 1.807) is 0 Å². The van der Waals surface area contributed by atoms with E-state index in [0.29, 0.717) is 6.92 Å². The molecule has 46 heavy (non-hydrogen) atoms. The molecule has 0 radical (unpaired) electrons. The molecular formula is C26H34F12O8. The Labute approximate surface area is 255 Å². The van der Waals surface area contributed by atoms with Crippen molar-refractivity contribution in [3.63, 3.8) is 0 Å². The minimum absolute atomic E-state index is 0.443. The first-order valence-corrected chi connectivity index (χ1v) is 13.0. The summed E-state index contributed by atoms with van der Waals surface area (Å²) in [5.74, 6) is -4.10. The van der Waals surface area contributed by atoms with E-state index in [0.717, 1.165) is 48.5 Å². The second kappa shape index (κ2) is 13.9. The van der Waals surface area contributed by atoms with Crippen molar-refractivity contribution in [1.29, 1.82) is 0 Å². The van der Waals surface area contributed by atoms with E-state index in [2.05, 4.69) is 30.3 Å². The molecule has 0 aromatic heterocycles. The van der Waals surface area contributed by atoms with Gasteiger partial charge in [-0.25, -0.2) is 14.4 Å². The molecule has 270 valence electrons. The van der Waals surface area contributed by atoms with E-state index in [-0.39, 0.29) is 0 Å². The molecule has 0 amide bonds. The number of carbonyl (C=O) groups excluding carboxylic acids is 3. The molecule has 0 saturated heterocycles. The van der Waals surface area contributed by atoms with Gasteiger partial charge in [0.05, 0.1) is 0 Å². The zero-order valence-corrected chi connectivity index (χ0v) is 25.8. The molecule has 0 fully saturated rings. The van der Waals surface area contributed by atoms with Gasteiger partial charge in [0.25, 0.3) is 0 Å². The van der Waals surface area contributed by atoms with Crippen molar-refractivity contribution in [1.82, 2.24) is 0 Å². The van der Waals surface area contributed by atoms with Gasteiger partial charge >= 0.3 is 54.2 Å². The molecule has 0 N–H and O–H groups in total. The molecule has 0 aliphatic heterocycles. The van der Waals surface area contributed by atoms with Gasteiger partial charge in [-0.3, -0.25) is 0 Å². The zero-order valence-electron chi connectivity index (χ0n) is 25.8. The molecular weight excluding hydrogens is 668 g/mol. The Morgan fingerprint density at radius 2 is 0.935 bits per heavy atom. The van der Waals surface area contributed by atoms with Crippen molar-refractivity contribution in [2.75, 3.05) is 0 Å². The van der Waals surface area contributed by atoms with Crippen LogP contribution < -0.4 is 0 Å². The first kappa shape index (κ1) is 42.9. The fraction of sp³-hybridized carbons (Fsp3) is 0.808. The molecule has 0 spiro atoms. The minimum Gasteiger partial charge on any atom is -0.459 e. The highest BCUT2D eigenvalue weighted by Gasteiger charge is 2.76.